The Morgan fingerprint density at radius 1 is 1.29 bits per heavy atom. The molecule has 0 saturated heterocycles. The summed E-state index contributed by atoms with van der Waals surface area (Å²) in [6.07, 6.45) is 2.65. The van der Waals surface area contributed by atoms with Crippen molar-refractivity contribution in [2.24, 2.45) is 5.73 Å². The fourth-order valence-electron chi connectivity index (χ4n) is 1.84. The molecule has 0 bridgehead atoms. The van der Waals surface area contributed by atoms with Gasteiger partial charge in [-0.25, -0.2) is 0 Å². The Bertz CT molecular complexity index is 810. The van der Waals surface area contributed by atoms with Gasteiger partial charge in [-0.05, 0) is 18.2 Å². The highest BCUT2D eigenvalue weighted by molar-refractivity contribution is 6.30. The number of halogens is 1. The summed E-state index contributed by atoms with van der Waals surface area (Å²) >= 11 is 5.90. The number of rotatable bonds is 4. The molecule has 0 spiro atoms. The maximum Gasteiger partial charge on any atom is 0.321 e. The molecule has 2 aromatic rings. The van der Waals surface area contributed by atoms with Gasteiger partial charge in [0.05, 0.1) is 12.8 Å². The Labute approximate surface area is 124 Å². The van der Waals surface area contributed by atoms with Crippen molar-refractivity contribution < 1.29 is 9.53 Å². The minimum Gasteiger partial charge on any atom is -0.495 e. The van der Waals surface area contributed by atoms with Crippen LogP contribution in [0.15, 0.2) is 40.2 Å². The number of primary amides is 1. The van der Waals surface area contributed by atoms with E-state index in [4.69, 9.17) is 22.1 Å². The van der Waals surface area contributed by atoms with Gasteiger partial charge < -0.3 is 10.5 Å². The summed E-state index contributed by atoms with van der Waals surface area (Å²) in [5, 5.41) is 0.388. The Balaban J connectivity index is 2.64. The quantitative estimate of drug-likeness (QED) is 0.813. The molecule has 110 valence electrons. The number of methoxy groups -OCH3 is 1. The second-order valence-electron chi connectivity index (χ2n) is 4.19. The summed E-state index contributed by atoms with van der Waals surface area (Å²) in [5.41, 5.74) is 3.65. The van der Waals surface area contributed by atoms with Crippen molar-refractivity contribution in [2.75, 3.05) is 7.11 Å². The smallest absolute Gasteiger partial charge is 0.321 e. The summed E-state index contributed by atoms with van der Waals surface area (Å²) in [7, 11) is 1.44. The van der Waals surface area contributed by atoms with Gasteiger partial charge in [-0.3, -0.25) is 23.5 Å². The molecule has 0 unspecified atom stereocenters. The average Bonchev–Trinajstić information content (AvgIpc) is 2.44. The topological polar surface area (TPSA) is 96.3 Å². The third kappa shape index (κ3) is 2.97. The molecular weight excluding hydrogens is 298 g/mol. The van der Waals surface area contributed by atoms with Crippen molar-refractivity contribution in [3.05, 3.63) is 56.3 Å². The lowest BCUT2D eigenvalue weighted by Crippen LogP contribution is -2.41. The van der Waals surface area contributed by atoms with E-state index in [1.807, 2.05) is 0 Å². The molecule has 0 fully saturated rings. The van der Waals surface area contributed by atoms with E-state index in [1.54, 1.807) is 12.1 Å². The minimum absolute atomic E-state index is 0.332. The van der Waals surface area contributed by atoms with Crippen LogP contribution in [0.5, 0.6) is 5.75 Å². The maximum atomic E-state index is 12.1. The first-order valence-corrected chi connectivity index (χ1v) is 6.26. The monoisotopic (exact) mass is 309 g/mol. The first-order valence-electron chi connectivity index (χ1n) is 5.88. The molecule has 0 radical (unpaired) electrons. The van der Waals surface area contributed by atoms with E-state index in [0.29, 0.717) is 16.5 Å². The Hall–Kier alpha value is -2.54. The van der Waals surface area contributed by atoms with Gasteiger partial charge in [0, 0.05) is 17.4 Å². The molecule has 0 aliphatic heterocycles. The zero-order chi connectivity index (χ0) is 15.6. The van der Waals surface area contributed by atoms with Crippen LogP contribution in [0, 0.1) is 0 Å². The zero-order valence-electron chi connectivity index (χ0n) is 11.1. The number of carbonyl (C=O) groups is 1. The van der Waals surface area contributed by atoms with E-state index < -0.39 is 17.0 Å². The van der Waals surface area contributed by atoms with Gasteiger partial charge in [-0.2, -0.15) is 0 Å². The van der Waals surface area contributed by atoms with Crippen molar-refractivity contribution in [1.29, 1.82) is 0 Å². The van der Waals surface area contributed by atoms with E-state index in [0.717, 1.165) is 9.13 Å². The van der Waals surface area contributed by atoms with E-state index in [1.165, 1.54) is 25.6 Å². The number of nitrogens with two attached hydrogens (primary N) is 1. The second kappa shape index (κ2) is 5.84. The molecule has 0 aliphatic carbocycles. The molecule has 2 N–H and O–H groups in total. The van der Waals surface area contributed by atoms with Crippen molar-refractivity contribution in [1.82, 2.24) is 9.13 Å². The van der Waals surface area contributed by atoms with Gasteiger partial charge in [0.15, 0.2) is 0 Å². The highest BCUT2D eigenvalue weighted by Gasteiger charge is 2.12. The molecule has 1 heterocycles. The lowest BCUT2D eigenvalue weighted by molar-refractivity contribution is -0.118. The van der Waals surface area contributed by atoms with E-state index >= 15 is 0 Å². The minimum atomic E-state index is -0.863. The van der Waals surface area contributed by atoms with E-state index in [-0.39, 0.29) is 6.54 Å². The van der Waals surface area contributed by atoms with E-state index in [9.17, 15) is 14.4 Å². The SMILES string of the molecule is COc1ccc(Cl)cc1-n1ccn(CC(N)=O)c(=O)c1=O. The standard InChI is InChI=1S/C13H12ClN3O4/c1-21-10-3-2-8(14)6-9(10)17-5-4-16(7-11(15)18)12(19)13(17)20/h2-6H,7H2,1H3,(H2,15,18). The third-order valence-corrected chi connectivity index (χ3v) is 3.02. The zero-order valence-corrected chi connectivity index (χ0v) is 11.8. The van der Waals surface area contributed by atoms with Crippen LogP contribution in [0.4, 0.5) is 0 Å². The normalized spacial score (nSPS) is 10.4. The van der Waals surface area contributed by atoms with Gasteiger partial charge in [0.25, 0.3) is 0 Å². The molecule has 1 amide bonds. The highest BCUT2D eigenvalue weighted by Crippen LogP contribution is 2.24. The Morgan fingerprint density at radius 2 is 2.00 bits per heavy atom. The fourth-order valence-corrected chi connectivity index (χ4v) is 2.01. The predicted molar refractivity (Wildman–Crippen MR) is 77.1 cm³/mol. The number of hydrogen-bond donors (Lipinski definition) is 1. The van der Waals surface area contributed by atoms with Gasteiger partial charge >= 0.3 is 11.1 Å². The molecule has 7 nitrogen and oxygen atoms in total. The van der Waals surface area contributed by atoms with Crippen LogP contribution in [0.1, 0.15) is 0 Å². The van der Waals surface area contributed by atoms with Crippen LogP contribution >= 0.6 is 11.6 Å². The molecule has 0 atom stereocenters. The number of amides is 1. The van der Waals surface area contributed by atoms with Gasteiger partial charge in [-0.1, -0.05) is 11.6 Å². The number of aromatic nitrogens is 2. The van der Waals surface area contributed by atoms with Crippen LogP contribution in [0.25, 0.3) is 5.69 Å². The second-order valence-corrected chi connectivity index (χ2v) is 4.63. The van der Waals surface area contributed by atoms with Crippen LogP contribution < -0.4 is 21.6 Å². The maximum absolute atomic E-state index is 12.1. The number of hydrogen-bond acceptors (Lipinski definition) is 4. The summed E-state index contributed by atoms with van der Waals surface area (Å²) in [5.74, 6) is -0.330. The lowest BCUT2D eigenvalue weighted by atomic mass is 10.3. The van der Waals surface area contributed by atoms with Crippen LogP contribution in [-0.4, -0.2) is 22.2 Å². The number of ether oxygens (including phenoxy) is 1. The lowest BCUT2D eigenvalue weighted by Gasteiger charge is -2.12. The van der Waals surface area contributed by atoms with Crippen LogP contribution in [0.3, 0.4) is 0 Å². The van der Waals surface area contributed by atoms with Crippen molar-refractivity contribution in [3.8, 4) is 11.4 Å². The van der Waals surface area contributed by atoms with Crippen LogP contribution in [-0.2, 0) is 11.3 Å². The average molecular weight is 310 g/mol. The predicted octanol–water partition coefficient (Wildman–Crippen LogP) is 0.146. The molecule has 0 saturated carbocycles. The highest BCUT2D eigenvalue weighted by atomic mass is 35.5. The third-order valence-electron chi connectivity index (χ3n) is 2.78. The van der Waals surface area contributed by atoms with Crippen LogP contribution in [0.2, 0.25) is 5.02 Å². The molecule has 8 heteroatoms. The molecule has 21 heavy (non-hydrogen) atoms. The number of nitrogens with zero attached hydrogens (tertiary/aromatic N) is 2. The molecule has 1 aromatic heterocycles. The molecular formula is C13H12ClN3O4. The number of benzene rings is 1. The first-order chi connectivity index (χ1) is 9.93. The van der Waals surface area contributed by atoms with Crippen molar-refractivity contribution in [3.63, 3.8) is 0 Å². The Morgan fingerprint density at radius 3 is 2.62 bits per heavy atom. The summed E-state index contributed by atoms with van der Waals surface area (Å²) < 4.78 is 7.19. The summed E-state index contributed by atoms with van der Waals surface area (Å²) in [6.45, 7) is -0.360. The van der Waals surface area contributed by atoms with E-state index in [2.05, 4.69) is 0 Å². The Kier molecular flexibility index (Phi) is 4.13. The fraction of sp³-hybridized carbons (Fsp3) is 0.154. The van der Waals surface area contributed by atoms with Gasteiger partial charge in [-0.15, -0.1) is 0 Å². The molecule has 2 rings (SSSR count). The molecule has 0 aliphatic rings. The van der Waals surface area contributed by atoms with Gasteiger partial charge in [0.2, 0.25) is 5.91 Å². The van der Waals surface area contributed by atoms with Crippen molar-refractivity contribution >= 4 is 17.5 Å². The molecule has 1 aromatic carbocycles. The van der Waals surface area contributed by atoms with Crippen molar-refractivity contribution in [2.45, 2.75) is 6.54 Å². The first kappa shape index (κ1) is 14.9. The largest absolute Gasteiger partial charge is 0.495 e. The van der Waals surface area contributed by atoms with Gasteiger partial charge in [0.1, 0.15) is 12.3 Å². The summed E-state index contributed by atoms with van der Waals surface area (Å²) in [4.78, 5) is 34.9. The number of carbonyl (C=O) groups excluding carboxylic acids is 1. The summed E-state index contributed by atoms with van der Waals surface area (Å²) in [6, 6.07) is 4.68.